The van der Waals surface area contributed by atoms with Crippen molar-refractivity contribution in [3.63, 3.8) is 0 Å². The molecular formula is C27H28O5S. The molecule has 2 heterocycles. The van der Waals surface area contributed by atoms with Crippen molar-refractivity contribution in [2.75, 3.05) is 6.61 Å². The second-order valence-electron chi connectivity index (χ2n) is 8.72. The minimum atomic E-state index is -3.60. The van der Waals surface area contributed by atoms with Gasteiger partial charge < -0.3 is 14.2 Å². The van der Waals surface area contributed by atoms with Gasteiger partial charge in [0, 0.05) is 5.92 Å². The van der Waals surface area contributed by atoms with Crippen molar-refractivity contribution >= 4 is 9.84 Å². The molecule has 3 aromatic carbocycles. The zero-order chi connectivity index (χ0) is 22.7. The van der Waals surface area contributed by atoms with Crippen LogP contribution in [0.25, 0.3) is 0 Å². The van der Waals surface area contributed by atoms with E-state index in [1.54, 1.807) is 24.3 Å². The average molecular weight is 465 g/mol. The molecule has 0 spiro atoms. The maximum atomic E-state index is 13.6. The molecule has 5 rings (SSSR count). The van der Waals surface area contributed by atoms with Gasteiger partial charge in [0.1, 0.15) is 11.4 Å². The molecule has 2 aliphatic heterocycles. The summed E-state index contributed by atoms with van der Waals surface area (Å²) in [6, 6.07) is 28.5. The number of ether oxygens (including phenoxy) is 3. The Bertz CT molecular complexity index is 1130. The van der Waals surface area contributed by atoms with Crippen molar-refractivity contribution < 1.29 is 22.6 Å². The molecule has 0 saturated carbocycles. The summed E-state index contributed by atoms with van der Waals surface area (Å²) in [7, 11) is -3.60. The van der Waals surface area contributed by atoms with Gasteiger partial charge in [0.05, 0.1) is 36.9 Å². The Morgan fingerprint density at radius 3 is 2.00 bits per heavy atom. The third kappa shape index (κ3) is 4.75. The second-order valence-corrected chi connectivity index (χ2v) is 10.8. The fourth-order valence-corrected chi connectivity index (χ4v) is 6.93. The third-order valence-electron chi connectivity index (χ3n) is 6.50. The molecule has 0 unspecified atom stereocenters. The molecule has 0 amide bonds. The Morgan fingerprint density at radius 2 is 1.36 bits per heavy atom. The molecule has 172 valence electrons. The first-order valence-electron chi connectivity index (χ1n) is 11.3. The van der Waals surface area contributed by atoms with Gasteiger partial charge in [0.2, 0.25) is 0 Å². The summed E-state index contributed by atoms with van der Waals surface area (Å²) in [5.41, 5.74) is 2.12. The lowest BCUT2D eigenvalue weighted by atomic mass is 9.87. The molecule has 2 aliphatic rings. The lowest BCUT2D eigenvalue weighted by Crippen LogP contribution is -2.48. The lowest BCUT2D eigenvalue weighted by Gasteiger charge is -2.32. The molecule has 0 radical (unpaired) electrons. The van der Waals surface area contributed by atoms with E-state index >= 15 is 0 Å². The molecule has 2 bridgehead atoms. The van der Waals surface area contributed by atoms with E-state index in [0.29, 0.717) is 31.1 Å². The molecule has 3 aromatic rings. The summed E-state index contributed by atoms with van der Waals surface area (Å²) < 4.78 is 45.6. The first kappa shape index (κ1) is 22.3. The van der Waals surface area contributed by atoms with Crippen molar-refractivity contribution in [2.24, 2.45) is 5.92 Å². The molecular weight excluding hydrogens is 436 g/mol. The van der Waals surface area contributed by atoms with Crippen LogP contribution in [-0.4, -0.2) is 38.6 Å². The summed E-state index contributed by atoms with van der Waals surface area (Å²) in [4.78, 5) is 0.316. The molecule has 0 aromatic heterocycles. The van der Waals surface area contributed by atoms with E-state index in [4.69, 9.17) is 14.2 Å². The number of fused-ring (bicyclic) bond motifs is 2. The van der Waals surface area contributed by atoms with E-state index < -0.39 is 27.3 Å². The zero-order valence-corrected chi connectivity index (χ0v) is 19.1. The van der Waals surface area contributed by atoms with Crippen LogP contribution in [0.4, 0.5) is 0 Å². The van der Waals surface area contributed by atoms with Gasteiger partial charge in [-0.15, -0.1) is 0 Å². The van der Waals surface area contributed by atoms with Crippen LogP contribution >= 0.6 is 0 Å². The Balaban J connectivity index is 1.33. The average Bonchev–Trinajstić information content (AvgIpc) is 3.43. The summed E-state index contributed by atoms with van der Waals surface area (Å²) in [5, 5.41) is -0.723. The highest BCUT2D eigenvalue weighted by Crippen LogP contribution is 2.45. The minimum absolute atomic E-state index is 0.0988. The number of benzene rings is 3. The Morgan fingerprint density at radius 1 is 0.788 bits per heavy atom. The van der Waals surface area contributed by atoms with E-state index in [2.05, 4.69) is 0 Å². The molecule has 0 N–H and O–H groups in total. The standard InChI is InChI=1S/C27H28O5S/c28-33(29,23-14-8-3-9-15-23)27-24-16-22(19-30-17-20-10-4-1-5-11-20)25(32-24)26(27)31-18-21-12-6-2-7-13-21/h1-15,22,24-27H,16-19H2/t22-,24+,25-,26+,27+/m0/s1. The van der Waals surface area contributed by atoms with E-state index in [-0.39, 0.29) is 12.0 Å². The first-order chi connectivity index (χ1) is 16.1. The fraction of sp³-hybridized carbons (Fsp3) is 0.333. The van der Waals surface area contributed by atoms with Crippen molar-refractivity contribution in [3.8, 4) is 0 Å². The predicted octanol–water partition coefficient (Wildman–Crippen LogP) is 4.42. The summed E-state index contributed by atoms with van der Waals surface area (Å²) in [6.07, 6.45) is -0.592. The van der Waals surface area contributed by atoms with Crippen LogP contribution in [0, 0.1) is 5.92 Å². The van der Waals surface area contributed by atoms with Gasteiger partial charge in [-0.25, -0.2) is 8.42 Å². The van der Waals surface area contributed by atoms with Crippen LogP contribution in [0.5, 0.6) is 0 Å². The van der Waals surface area contributed by atoms with Gasteiger partial charge in [0.15, 0.2) is 9.84 Å². The SMILES string of the molecule is O=S(=O)(c1ccccc1)[C@H]1[C@H](OCc2ccccc2)[C@H]2O[C@@H]1C[C@H]2COCc1ccccc1. The highest BCUT2D eigenvalue weighted by atomic mass is 32.2. The Kier molecular flexibility index (Phi) is 6.60. The van der Waals surface area contributed by atoms with Gasteiger partial charge in [-0.1, -0.05) is 78.9 Å². The van der Waals surface area contributed by atoms with Crippen molar-refractivity contribution in [1.82, 2.24) is 0 Å². The smallest absolute Gasteiger partial charge is 0.186 e. The number of rotatable bonds is 9. The molecule has 5 atom stereocenters. The van der Waals surface area contributed by atoms with Crippen LogP contribution in [0.2, 0.25) is 0 Å². The molecule has 2 saturated heterocycles. The highest BCUT2D eigenvalue weighted by molar-refractivity contribution is 7.92. The summed E-state index contributed by atoms with van der Waals surface area (Å²) in [6.45, 7) is 1.38. The fourth-order valence-electron chi connectivity index (χ4n) is 4.92. The van der Waals surface area contributed by atoms with Crippen LogP contribution < -0.4 is 0 Å². The van der Waals surface area contributed by atoms with E-state index in [9.17, 15) is 8.42 Å². The molecule has 2 fully saturated rings. The molecule has 0 aliphatic carbocycles. The number of sulfone groups is 1. The van der Waals surface area contributed by atoms with Crippen LogP contribution in [0.1, 0.15) is 17.5 Å². The summed E-state index contributed by atoms with van der Waals surface area (Å²) >= 11 is 0. The van der Waals surface area contributed by atoms with E-state index in [1.807, 2.05) is 66.7 Å². The number of hydrogen-bond acceptors (Lipinski definition) is 5. The number of hydrogen-bond donors (Lipinski definition) is 0. The van der Waals surface area contributed by atoms with Gasteiger partial charge in [-0.3, -0.25) is 0 Å². The first-order valence-corrected chi connectivity index (χ1v) is 12.9. The molecule has 5 nitrogen and oxygen atoms in total. The van der Waals surface area contributed by atoms with Crippen LogP contribution in [-0.2, 0) is 37.3 Å². The van der Waals surface area contributed by atoms with Gasteiger partial charge in [-0.2, -0.15) is 0 Å². The van der Waals surface area contributed by atoms with Crippen molar-refractivity contribution in [1.29, 1.82) is 0 Å². The zero-order valence-electron chi connectivity index (χ0n) is 18.3. The topological polar surface area (TPSA) is 61.8 Å². The largest absolute Gasteiger partial charge is 0.376 e. The molecule has 6 heteroatoms. The van der Waals surface area contributed by atoms with Gasteiger partial charge in [0.25, 0.3) is 0 Å². The monoisotopic (exact) mass is 464 g/mol. The molecule has 33 heavy (non-hydrogen) atoms. The summed E-state index contributed by atoms with van der Waals surface area (Å²) in [5.74, 6) is 0.0988. The third-order valence-corrected chi connectivity index (χ3v) is 8.72. The lowest BCUT2D eigenvalue weighted by molar-refractivity contribution is -0.0422. The van der Waals surface area contributed by atoms with Crippen molar-refractivity contribution in [3.05, 3.63) is 102 Å². The maximum Gasteiger partial charge on any atom is 0.186 e. The Hall–Kier alpha value is -2.51. The van der Waals surface area contributed by atoms with E-state index in [1.165, 1.54) is 0 Å². The van der Waals surface area contributed by atoms with Gasteiger partial charge in [-0.05, 0) is 29.7 Å². The minimum Gasteiger partial charge on any atom is -0.376 e. The van der Waals surface area contributed by atoms with E-state index in [0.717, 1.165) is 11.1 Å². The van der Waals surface area contributed by atoms with Crippen LogP contribution in [0.15, 0.2) is 95.9 Å². The highest BCUT2D eigenvalue weighted by Gasteiger charge is 2.59. The Labute approximate surface area is 195 Å². The second kappa shape index (κ2) is 9.77. The van der Waals surface area contributed by atoms with Crippen molar-refractivity contribution in [2.45, 2.75) is 48.1 Å². The normalized spacial score (nSPS) is 26.5. The maximum absolute atomic E-state index is 13.6. The van der Waals surface area contributed by atoms with Gasteiger partial charge >= 0.3 is 0 Å². The quantitative estimate of drug-likeness (QED) is 0.469. The predicted molar refractivity (Wildman–Crippen MR) is 125 cm³/mol. The van der Waals surface area contributed by atoms with Crippen LogP contribution in [0.3, 0.4) is 0 Å².